The van der Waals surface area contributed by atoms with Crippen LogP contribution in [0.4, 0.5) is 0 Å². The summed E-state index contributed by atoms with van der Waals surface area (Å²) in [7, 11) is 0. The van der Waals surface area contributed by atoms with Gasteiger partial charge in [0.05, 0.1) is 17.8 Å². The minimum Gasteiger partial charge on any atom is -0.361 e. The van der Waals surface area contributed by atoms with Gasteiger partial charge >= 0.3 is 0 Å². The summed E-state index contributed by atoms with van der Waals surface area (Å²) in [6.07, 6.45) is 1.15. The van der Waals surface area contributed by atoms with Gasteiger partial charge in [0.15, 0.2) is 5.17 Å². The normalized spacial score (nSPS) is 21.5. The van der Waals surface area contributed by atoms with Crippen LogP contribution in [0, 0.1) is 19.3 Å². The molecule has 0 aliphatic carbocycles. The summed E-state index contributed by atoms with van der Waals surface area (Å²) >= 11 is 1.81. The fourth-order valence-electron chi connectivity index (χ4n) is 2.58. The fraction of sp³-hybridized carbons (Fsp3) is 0.733. The predicted octanol–water partition coefficient (Wildman–Crippen LogP) is 3.85. The second kappa shape index (κ2) is 5.80. The largest absolute Gasteiger partial charge is 0.361 e. The minimum absolute atomic E-state index is 0.172. The maximum absolute atomic E-state index is 5.24. The van der Waals surface area contributed by atoms with Gasteiger partial charge in [-0.25, -0.2) is 0 Å². The van der Waals surface area contributed by atoms with Crippen LogP contribution in [0.15, 0.2) is 9.52 Å². The Kier molecular flexibility index (Phi) is 4.47. The molecule has 112 valence electrons. The first-order valence-corrected chi connectivity index (χ1v) is 8.17. The highest BCUT2D eigenvalue weighted by molar-refractivity contribution is 8.13. The second-order valence-electron chi connectivity index (χ2n) is 6.56. The lowest BCUT2D eigenvalue weighted by Crippen LogP contribution is -2.34. The monoisotopic (exact) mass is 295 g/mol. The van der Waals surface area contributed by atoms with Crippen molar-refractivity contribution in [3.05, 3.63) is 17.0 Å². The zero-order chi connectivity index (χ0) is 14.9. The Morgan fingerprint density at radius 1 is 1.35 bits per heavy atom. The van der Waals surface area contributed by atoms with Crippen molar-refractivity contribution in [2.24, 2.45) is 10.4 Å². The number of thioether (sulfide) groups is 1. The fourth-order valence-corrected chi connectivity index (χ4v) is 3.58. The van der Waals surface area contributed by atoms with E-state index in [4.69, 9.17) is 9.52 Å². The third-order valence-electron chi connectivity index (χ3n) is 3.76. The van der Waals surface area contributed by atoms with Gasteiger partial charge in [-0.1, -0.05) is 37.7 Å². The predicted molar refractivity (Wildman–Crippen MR) is 85.3 cm³/mol. The van der Waals surface area contributed by atoms with Crippen LogP contribution < -0.4 is 5.32 Å². The third kappa shape index (κ3) is 3.37. The van der Waals surface area contributed by atoms with E-state index in [2.05, 4.69) is 38.2 Å². The molecule has 0 radical (unpaired) electrons. The highest BCUT2D eigenvalue weighted by Crippen LogP contribution is 2.31. The average molecular weight is 295 g/mol. The number of rotatable bonds is 2. The first kappa shape index (κ1) is 15.4. The molecule has 1 N–H and O–H groups in total. The smallest absolute Gasteiger partial charge is 0.157 e. The van der Waals surface area contributed by atoms with Gasteiger partial charge in [-0.05, 0) is 32.6 Å². The summed E-state index contributed by atoms with van der Waals surface area (Å²) < 4.78 is 5.24. The standard InChI is InChI=1S/C15H25N3OS/c1-9(13-10(2)18-19-11(13)3)16-14-17-12(7-8-20-14)15(4,5)6/h9,12H,7-8H2,1-6H3,(H,16,17). The van der Waals surface area contributed by atoms with Gasteiger partial charge in [-0.15, -0.1) is 0 Å². The molecule has 2 unspecified atom stereocenters. The maximum atomic E-state index is 5.24. The van der Waals surface area contributed by atoms with E-state index in [-0.39, 0.29) is 11.5 Å². The van der Waals surface area contributed by atoms with Crippen LogP contribution in [0.3, 0.4) is 0 Å². The lowest BCUT2D eigenvalue weighted by Gasteiger charge is -2.31. The van der Waals surface area contributed by atoms with E-state index >= 15 is 0 Å². The number of aromatic nitrogens is 1. The van der Waals surface area contributed by atoms with E-state index in [0.29, 0.717) is 6.04 Å². The summed E-state index contributed by atoms with van der Waals surface area (Å²) in [5, 5.41) is 8.59. The summed E-state index contributed by atoms with van der Waals surface area (Å²) in [6.45, 7) is 12.8. The molecule has 0 bridgehead atoms. The van der Waals surface area contributed by atoms with E-state index in [0.717, 1.165) is 34.4 Å². The van der Waals surface area contributed by atoms with Crippen molar-refractivity contribution < 1.29 is 4.52 Å². The number of aryl methyl sites for hydroxylation is 2. The van der Waals surface area contributed by atoms with Crippen LogP contribution in [0.25, 0.3) is 0 Å². The molecule has 0 aromatic carbocycles. The molecule has 2 heterocycles. The molecular weight excluding hydrogens is 270 g/mol. The first-order valence-electron chi connectivity index (χ1n) is 7.19. The van der Waals surface area contributed by atoms with Gasteiger partial charge in [0.25, 0.3) is 0 Å². The Labute approximate surface area is 125 Å². The third-order valence-corrected chi connectivity index (χ3v) is 4.70. The zero-order valence-corrected chi connectivity index (χ0v) is 14.1. The molecule has 20 heavy (non-hydrogen) atoms. The van der Waals surface area contributed by atoms with Gasteiger partial charge < -0.3 is 9.84 Å². The number of aliphatic imine (C=N–C) groups is 1. The molecule has 0 amide bonds. The molecular formula is C15H25N3OS. The van der Waals surface area contributed by atoms with Crippen LogP contribution in [-0.2, 0) is 0 Å². The van der Waals surface area contributed by atoms with Crippen molar-refractivity contribution >= 4 is 16.9 Å². The van der Waals surface area contributed by atoms with Gasteiger partial charge in [-0.2, -0.15) is 0 Å². The Hall–Kier alpha value is -0.970. The number of nitrogens with one attached hydrogen (secondary N) is 1. The van der Waals surface area contributed by atoms with E-state index in [1.54, 1.807) is 0 Å². The van der Waals surface area contributed by atoms with Crippen molar-refractivity contribution in [2.75, 3.05) is 5.75 Å². The summed E-state index contributed by atoms with van der Waals surface area (Å²) in [5.74, 6) is 2.01. The number of hydrogen-bond acceptors (Lipinski definition) is 5. The first-order chi connectivity index (χ1) is 9.29. The van der Waals surface area contributed by atoms with Crippen LogP contribution >= 0.6 is 11.8 Å². The molecule has 1 aromatic rings. The number of amidine groups is 1. The SMILES string of the molecule is Cc1noc(C)c1C(C)NC1=NC(C(C)(C)C)CCS1. The van der Waals surface area contributed by atoms with Gasteiger partial charge in [0.2, 0.25) is 0 Å². The lowest BCUT2D eigenvalue weighted by atomic mass is 9.85. The van der Waals surface area contributed by atoms with Crippen molar-refractivity contribution in [3.63, 3.8) is 0 Å². The lowest BCUT2D eigenvalue weighted by molar-refractivity contribution is 0.315. The average Bonchev–Trinajstić information content (AvgIpc) is 2.68. The van der Waals surface area contributed by atoms with Crippen molar-refractivity contribution in [1.29, 1.82) is 0 Å². The van der Waals surface area contributed by atoms with Crippen LogP contribution in [0.2, 0.25) is 0 Å². The van der Waals surface area contributed by atoms with Crippen LogP contribution in [0.1, 0.15) is 57.2 Å². The molecule has 2 atom stereocenters. The molecule has 0 saturated carbocycles. The van der Waals surface area contributed by atoms with E-state index in [9.17, 15) is 0 Å². The van der Waals surface area contributed by atoms with Crippen LogP contribution in [0.5, 0.6) is 0 Å². The quantitative estimate of drug-likeness (QED) is 0.900. The molecule has 0 saturated heterocycles. The van der Waals surface area contributed by atoms with Crippen molar-refractivity contribution in [1.82, 2.24) is 10.5 Å². The zero-order valence-electron chi connectivity index (χ0n) is 13.3. The molecule has 5 heteroatoms. The molecule has 0 spiro atoms. The molecule has 2 rings (SSSR count). The van der Waals surface area contributed by atoms with E-state index < -0.39 is 0 Å². The number of nitrogens with zero attached hydrogens (tertiary/aromatic N) is 2. The second-order valence-corrected chi connectivity index (χ2v) is 7.64. The summed E-state index contributed by atoms with van der Waals surface area (Å²) in [6, 6.07) is 0.564. The maximum Gasteiger partial charge on any atom is 0.157 e. The van der Waals surface area contributed by atoms with E-state index in [1.165, 1.54) is 0 Å². The van der Waals surface area contributed by atoms with Crippen LogP contribution in [-0.4, -0.2) is 22.1 Å². The molecule has 1 aliphatic heterocycles. The topological polar surface area (TPSA) is 50.4 Å². The van der Waals surface area contributed by atoms with E-state index in [1.807, 2.05) is 25.6 Å². The number of hydrogen-bond donors (Lipinski definition) is 1. The van der Waals surface area contributed by atoms with Crippen molar-refractivity contribution in [2.45, 2.75) is 60.0 Å². The van der Waals surface area contributed by atoms with Gasteiger partial charge in [0, 0.05) is 11.3 Å². The highest BCUT2D eigenvalue weighted by atomic mass is 32.2. The van der Waals surface area contributed by atoms with Gasteiger partial charge in [0.1, 0.15) is 5.76 Å². The Balaban J connectivity index is 2.12. The molecule has 0 fully saturated rings. The molecule has 1 aromatic heterocycles. The summed E-state index contributed by atoms with van der Waals surface area (Å²) in [5.41, 5.74) is 2.32. The summed E-state index contributed by atoms with van der Waals surface area (Å²) in [4.78, 5) is 4.88. The van der Waals surface area contributed by atoms with Gasteiger partial charge in [-0.3, -0.25) is 4.99 Å². The highest BCUT2D eigenvalue weighted by Gasteiger charge is 2.28. The molecule has 1 aliphatic rings. The minimum atomic E-state index is 0.172. The van der Waals surface area contributed by atoms with Crippen molar-refractivity contribution in [3.8, 4) is 0 Å². The molecule has 4 nitrogen and oxygen atoms in total. The Morgan fingerprint density at radius 3 is 2.60 bits per heavy atom. The Morgan fingerprint density at radius 2 is 2.05 bits per heavy atom. The Bertz CT molecular complexity index is 482.